The van der Waals surface area contributed by atoms with E-state index in [1.54, 1.807) is 0 Å². The molecule has 3 fully saturated rings. The summed E-state index contributed by atoms with van der Waals surface area (Å²) in [6.45, 7) is 69.7. The smallest absolute Gasteiger partial charge is 0.192 e. The van der Waals surface area contributed by atoms with Crippen molar-refractivity contribution in [1.29, 1.82) is 0 Å². The topological polar surface area (TPSA) is 92.3 Å². The maximum atomic E-state index is 7.80. The Morgan fingerprint density at radius 1 is 0.375 bits per heavy atom. The molecule has 0 unspecified atom stereocenters. The molecule has 380 valence electrons. The Morgan fingerprint density at radius 2 is 0.688 bits per heavy atom. The second-order valence-corrected chi connectivity index (χ2v) is 57.4. The maximum Gasteiger partial charge on any atom is 0.192 e. The largest absolute Gasteiger partial charge is 0.414 e. The Balaban J connectivity index is 2.43. The predicted octanol–water partition coefficient (Wildman–Crippen LogP) is 13.8. The molecule has 3 saturated heterocycles. The fourth-order valence-electron chi connectivity index (χ4n) is 6.53. The van der Waals surface area contributed by atoms with E-state index in [4.69, 9.17) is 45.5 Å². The van der Waals surface area contributed by atoms with E-state index in [0.29, 0.717) is 13.2 Å². The van der Waals surface area contributed by atoms with Gasteiger partial charge in [0.2, 0.25) is 0 Å². The first kappa shape index (κ1) is 59.2. The lowest BCUT2D eigenvalue weighted by Crippen LogP contribution is -2.70. The lowest BCUT2D eigenvalue weighted by atomic mass is 9.98. The quantitative estimate of drug-likeness (QED) is 0.148. The van der Waals surface area contributed by atoms with E-state index in [-0.39, 0.29) is 30.2 Å². The van der Waals surface area contributed by atoms with Crippen molar-refractivity contribution in [1.82, 2.24) is 0 Å². The molecule has 0 N–H and O–H groups in total. The molecule has 0 aromatic carbocycles. The van der Waals surface area contributed by atoms with Crippen LogP contribution in [0.25, 0.3) is 0 Å². The number of rotatable bonds is 15. The molecule has 3 heterocycles. The standard InChI is InChI=1S/C48H104O10Si6/c1-43(2,3)59(19,20)50-32-34-36(54-60(21,22)44(4,5)6)38(56-62(25,26)46(10,11)12)40(58-64(29,30)48(16,17)18)42(52-34)53-35-33-31-49-41(51-33)39(57-63(27,28)47(13,14)15)37(35)55-61(23,24)45(7,8)9/h33-42H,31-32H2,1-30H3/t33-,34-,35-,36+,37+,38+,39-,40-,41-,42+/m1/s1. The molecule has 3 rings (SSSR count). The van der Waals surface area contributed by atoms with Gasteiger partial charge in [-0.3, -0.25) is 0 Å². The fourth-order valence-corrected chi connectivity index (χ4v) is 14.0. The van der Waals surface area contributed by atoms with Gasteiger partial charge in [-0.05, 0) is 109 Å². The summed E-state index contributed by atoms with van der Waals surface area (Å²) in [6, 6.07) is 0. The van der Waals surface area contributed by atoms with E-state index in [0.717, 1.165) is 0 Å². The lowest BCUT2D eigenvalue weighted by Gasteiger charge is -2.56. The van der Waals surface area contributed by atoms with Gasteiger partial charge in [-0.1, -0.05) is 125 Å². The Labute approximate surface area is 401 Å². The first-order valence-corrected chi connectivity index (χ1v) is 42.1. The molecule has 3 aliphatic rings. The molecular weight excluding hydrogens is 905 g/mol. The third-order valence-corrected chi connectivity index (χ3v) is 44.4. The maximum absolute atomic E-state index is 7.80. The molecule has 2 bridgehead atoms. The molecule has 0 aromatic rings. The fraction of sp³-hybridized carbons (Fsp3) is 1.00. The molecule has 0 amide bonds. The van der Waals surface area contributed by atoms with Gasteiger partial charge < -0.3 is 45.5 Å². The molecular formula is C48H104O10Si6. The van der Waals surface area contributed by atoms with Crippen molar-refractivity contribution in [2.75, 3.05) is 13.2 Å². The summed E-state index contributed by atoms with van der Waals surface area (Å²) in [6.07, 6.45) is -5.58. The molecule has 16 heteroatoms. The molecule has 10 atom stereocenters. The highest BCUT2D eigenvalue weighted by Gasteiger charge is 2.62. The van der Waals surface area contributed by atoms with Gasteiger partial charge >= 0.3 is 0 Å². The van der Waals surface area contributed by atoms with Crippen LogP contribution in [-0.2, 0) is 45.5 Å². The summed E-state index contributed by atoms with van der Waals surface area (Å²) in [5, 5.41) is -0.428. The molecule has 3 aliphatic heterocycles. The second kappa shape index (κ2) is 19.2. The zero-order valence-corrected chi connectivity index (χ0v) is 53.3. The Hall–Kier alpha value is 0.901. The first-order valence-electron chi connectivity index (χ1n) is 24.6. The Morgan fingerprint density at radius 3 is 1.05 bits per heavy atom. The molecule has 64 heavy (non-hydrogen) atoms. The molecule has 0 radical (unpaired) electrons. The van der Waals surface area contributed by atoms with Crippen LogP contribution in [0.1, 0.15) is 125 Å². The predicted molar refractivity (Wildman–Crippen MR) is 282 cm³/mol. The Kier molecular flexibility index (Phi) is 17.7. The monoisotopic (exact) mass is 1010 g/mol. The molecule has 0 aromatic heterocycles. The average Bonchev–Trinajstić information content (AvgIpc) is 3.49. The zero-order chi connectivity index (χ0) is 50.3. The lowest BCUT2D eigenvalue weighted by molar-refractivity contribution is -0.329. The summed E-state index contributed by atoms with van der Waals surface area (Å²) < 4.78 is 73.9. The summed E-state index contributed by atoms with van der Waals surface area (Å²) in [5.41, 5.74) is 0. The average molecular weight is 1010 g/mol. The van der Waals surface area contributed by atoms with Gasteiger partial charge in [-0.15, -0.1) is 0 Å². The van der Waals surface area contributed by atoms with Crippen molar-refractivity contribution >= 4 is 49.9 Å². The molecule has 10 nitrogen and oxygen atoms in total. The van der Waals surface area contributed by atoms with Gasteiger partial charge in [0, 0.05) is 0 Å². The minimum absolute atomic E-state index is 0.00964. The summed E-state index contributed by atoms with van der Waals surface area (Å²) in [5.74, 6) is 0. The van der Waals surface area contributed by atoms with Gasteiger partial charge in [-0.2, -0.15) is 0 Å². The highest BCUT2D eigenvalue weighted by molar-refractivity contribution is 6.76. The van der Waals surface area contributed by atoms with Crippen LogP contribution in [0, 0.1) is 0 Å². The van der Waals surface area contributed by atoms with Crippen LogP contribution in [0.5, 0.6) is 0 Å². The summed E-state index contributed by atoms with van der Waals surface area (Å²) in [7, 11) is -14.6. The SMILES string of the molecule is CC(C)(C)[Si](C)(C)OC[C@H]1O[C@@H](O[C@H]2[C@H](O[Si](C)(C)C(C)(C)C)[C@@H](O[Si](C)(C)C(C)(C)C)[C@@H]3OC[C@H]2O3)[C@H](O[Si](C)(C)C(C)(C)C)[C@@H](O[Si](C)(C)C(C)(C)C)[C@H]1O[Si](C)(C)C(C)(C)C. The van der Waals surface area contributed by atoms with Gasteiger partial charge in [0.1, 0.15) is 48.8 Å². The van der Waals surface area contributed by atoms with Gasteiger partial charge in [0.05, 0.1) is 13.2 Å². The second-order valence-electron chi connectivity index (χ2n) is 28.8. The molecule has 0 saturated carbocycles. The first-order chi connectivity index (χ1) is 28.0. The van der Waals surface area contributed by atoms with Crippen molar-refractivity contribution < 1.29 is 45.5 Å². The van der Waals surface area contributed by atoms with Crippen LogP contribution in [0.4, 0.5) is 0 Å². The van der Waals surface area contributed by atoms with Crippen LogP contribution in [0.2, 0.25) is 109 Å². The van der Waals surface area contributed by atoms with Crippen molar-refractivity contribution in [2.45, 2.75) is 295 Å². The normalized spacial score (nSPS) is 30.3. The highest BCUT2D eigenvalue weighted by atomic mass is 28.4. The van der Waals surface area contributed by atoms with Gasteiger partial charge in [0.15, 0.2) is 62.5 Å². The van der Waals surface area contributed by atoms with E-state index in [9.17, 15) is 0 Å². The van der Waals surface area contributed by atoms with Crippen LogP contribution < -0.4 is 0 Å². The zero-order valence-electron chi connectivity index (χ0n) is 47.3. The number of fused-ring (bicyclic) bond motifs is 2. The summed E-state index contributed by atoms with van der Waals surface area (Å²) in [4.78, 5) is 0. The van der Waals surface area contributed by atoms with Crippen LogP contribution in [0.3, 0.4) is 0 Å². The van der Waals surface area contributed by atoms with E-state index in [2.05, 4.69) is 203 Å². The molecule has 0 spiro atoms. The van der Waals surface area contributed by atoms with Gasteiger partial charge in [-0.25, -0.2) is 0 Å². The highest BCUT2D eigenvalue weighted by Crippen LogP contribution is 2.50. The van der Waals surface area contributed by atoms with E-state index >= 15 is 0 Å². The van der Waals surface area contributed by atoms with E-state index < -0.39 is 111 Å². The number of ether oxygens (including phenoxy) is 4. The van der Waals surface area contributed by atoms with Crippen molar-refractivity contribution in [2.24, 2.45) is 0 Å². The van der Waals surface area contributed by atoms with Crippen molar-refractivity contribution in [3.8, 4) is 0 Å². The Bertz CT molecular complexity index is 1540. The van der Waals surface area contributed by atoms with Crippen LogP contribution in [-0.4, -0.2) is 125 Å². The summed E-state index contributed by atoms with van der Waals surface area (Å²) >= 11 is 0. The van der Waals surface area contributed by atoms with Crippen LogP contribution >= 0.6 is 0 Å². The van der Waals surface area contributed by atoms with Crippen molar-refractivity contribution in [3.63, 3.8) is 0 Å². The van der Waals surface area contributed by atoms with Crippen LogP contribution in [0.15, 0.2) is 0 Å². The minimum Gasteiger partial charge on any atom is -0.414 e. The van der Waals surface area contributed by atoms with E-state index in [1.807, 2.05) is 0 Å². The minimum atomic E-state index is -2.54. The van der Waals surface area contributed by atoms with Crippen molar-refractivity contribution in [3.05, 3.63) is 0 Å². The van der Waals surface area contributed by atoms with E-state index in [1.165, 1.54) is 0 Å². The number of hydrogen-bond donors (Lipinski definition) is 0. The molecule has 0 aliphatic carbocycles. The third kappa shape index (κ3) is 13.2. The van der Waals surface area contributed by atoms with Gasteiger partial charge in [0.25, 0.3) is 0 Å². The third-order valence-electron chi connectivity index (χ3n) is 17.5. The number of hydrogen-bond acceptors (Lipinski definition) is 10.